The molecule has 0 heterocycles. The molecule has 0 unspecified atom stereocenters. The van der Waals surface area contributed by atoms with E-state index in [4.69, 9.17) is 4.74 Å². The van der Waals surface area contributed by atoms with Gasteiger partial charge in [-0.05, 0) is 58.7 Å². The van der Waals surface area contributed by atoms with Gasteiger partial charge < -0.3 is 26.0 Å². The van der Waals surface area contributed by atoms with Crippen molar-refractivity contribution in [3.8, 4) is 0 Å². The van der Waals surface area contributed by atoms with Crippen LogP contribution >= 0.6 is 24.0 Å². The molecule has 4 N–H and O–H groups in total. The topological polar surface area (TPSA) is 104 Å². The SMILES string of the molecule is CCc1cccc(NC(=O)CNC(=NC)NCC(C)(C)NC(=O)OC(C)(C)C)c1.I. The molecule has 8 nitrogen and oxygen atoms in total. The Morgan fingerprint density at radius 3 is 2.33 bits per heavy atom. The van der Waals surface area contributed by atoms with Gasteiger partial charge in [0.15, 0.2) is 5.96 Å². The molecule has 0 radical (unpaired) electrons. The van der Waals surface area contributed by atoms with Gasteiger partial charge >= 0.3 is 6.09 Å². The number of carbonyl (C=O) groups excluding carboxylic acids is 2. The molecule has 0 atom stereocenters. The molecule has 9 heteroatoms. The van der Waals surface area contributed by atoms with Crippen molar-refractivity contribution in [1.29, 1.82) is 0 Å². The van der Waals surface area contributed by atoms with Gasteiger partial charge in [-0.15, -0.1) is 24.0 Å². The molecule has 0 aliphatic carbocycles. The van der Waals surface area contributed by atoms with Gasteiger partial charge in [0.2, 0.25) is 5.91 Å². The number of carbonyl (C=O) groups is 2. The monoisotopic (exact) mass is 533 g/mol. The number of ether oxygens (including phenoxy) is 1. The lowest BCUT2D eigenvalue weighted by Gasteiger charge is -2.29. The first-order chi connectivity index (χ1) is 13.4. The van der Waals surface area contributed by atoms with Gasteiger partial charge in [0.1, 0.15) is 5.60 Å². The van der Waals surface area contributed by atoms with E-state index in [0.29, 0.717) is 12.5 Å². The van der Waals surface area contributed by atoms with Crippen molar-refractivity contribution in [2.75, 3.05) is 25.5 Å². The van der Waals surface area contributed by atoms with E-state index < -0.39 is 17.2 Å². The molecule has 0 saturated carbocycles. The fourth-order valence-corrected chi connectivity index (χ4v) is 2.39. The Kier molecular flexibility index (Phi) is 11.8. The number of halogens is 1. The molecule has 2 amide bonds. The Bertz CT molecular complexity index is 730. The first-order valence-electron chi connectivity index (χ1n) is 9.78. The van der Waals surface area contributed by atoms with Crippen molar-refractivity contribution in [2.24, 2.45) is 4.99 Å². The first-order valence-corrected chi connectivity index (χ1v) is 9.78. The van der Waals surface area contributed by atoms with Crippen LogP contribution in [0.25, 0.3) is 0 Å². The van der Waals surface area contributed by atoms with E-state index in [9.17, 15) is 9.59 Å². The second-order valence-corrected chi connectivity index (χ2v) is 8.39. The van der Waals surface area contributed by atoms with Crippen LogP contribution in [0.15, 0.2) is 29.3 Å². The molecule has 0 bridgehead atoms. The Morgan fingerprint density at radius 2 is 1.77 bits per heavy atom. The summed E-state index contributed by atoms with van der Waals surface area (Å²) in [5, 5.41) is 11.7. The van der Waals surface area contributed by atoms with E-state index in [0.717, 1.165) is 17.7 Å². The van der Waals surface area contributed by atoms with Gasteiger partial charge in [0.25, 0.3) is 0 Å². The predicted molar refractivity (Wildman–Crippen MR) is 133 cm³/mol. The average molecular weight is 533 g/mol. The molecule has 0 fully saturated rings. The minimum absolute atomic E-state index is 0. The molecular weight excluding hydrogens is 497 g/mol. The maximum atomic E-state index is 12.2. The Morgan fingerprint density at radius 1 is 1.10 bits per heavy atom. The zero-order valence-corrected chi connectivity index (χ0v) is 21.3. The van der Waals surface area contributed by atoms with Crippen molar-refractivity contribution in [3.63, 3.8) is 0 Å². The predicted octanol–water partition coefficient (Wildman–Crippen LogP) is 3.27. The zero-order valence-electron chi connectivity index (χ0n) is 19.0. The number of hydrogen-bond donors (Lipinski definition) is 4. The summed E-state index contributed by atoms with van der Waals surface area (Å²) < 4.78 is 5.28. The summed E-state index contributed by atoms with van der Waals surface area (Å²) >= 11 is 0. The second-order valence-electron chi connectivity index (χ2n) is 8.39. The standard InChI is InChI=1S/C21H35N5O3.HI/c1-8-15-10-9-11-16(12-15)25-17(27)13-23-18(22-7)24-14-21(5,6)26-19(28)29-20(2,3)4;/h9-12H,8,13-14H2,1-7H3,(H,25,27)(H,26,28)(H2,22,23,24);1H. The van der Waals surface area contributed by atoms with E-state index in [1.165, 1.54) is 0 Å². The highest BCUT2D eigenvalue weighted by Gasteiger charge is 2.24. The smallest absolute Gasteiger partial charge is 0.408 e. The van der Waals surface area contributed by atoms with Crippen LogP contribution in [0.3, 0.4) is 0 Å². The van der Waals surface area contributed by atoms with Crippen LogP contribution in [0.2, 0.25) is 0 Å². The van der Waals surface area contributed by atoms with Crippen LogP contribution in [0.1, 0.15) is 47.1 Å². The number of nitrogens with zero attached hydrogens (tertiary/aromatic N) is 1. The molecule has 1 aromatic carbocycles. The Labute approximate surface area is 197 Å². The summed E-state index contributed by atoms with van der Waals surface area (Å²) in [5.74, 6) is 0.286. The lowest BCUT2D eigenvalue weighted by molar-refractivity contribution is -0.115. The molecule has 0 spiro atoms. The minimum Gasteiger partial charge on any atom is -0.444 e. The van der Waals surface area contributed by atoms with E-state index in [1.54, 1.807) is 7.05 Å². The number of aryl methyl sites for hydroxylation is 1. The number of guanidine groups is 1. The Hall–Kier alpha value is -2.04. The fourth-order valence-electron chi connectivity index (χ4n) is 2.39. The van der Waals surface area contributed by atoms with E-state index in [1.807, 2.05) is 58.9 Å². The summed E-state index contributed by atoms with van der Waals surface area (Å²) in [6.07, 6.45) is 0.423. The van der Waals surface area contributed by atoms with Crippen molar-refractivity contribution in [1.82, 2.24) is 16.0 Å². The number of aliphatic imine (C=N–C) groups is 1. The summed E-state index contributed by atoms with van der Waals surface area (Å²) in [6.45, 7) is 11.7. The summed E-state index contributed by atoms with van der Waals surface area (Å²) in [5.41, 5.74) is 0.785. The summed E-state index contributed by atoms with van der Waals surface area (Å²) in [7, 11) is 1.62. The molecule has 0 saturated heterocycles. The lowest BCUT2D eigenvalue weighted by atomic mass is 10.1. The molecule has 1 aromatic rings. The number of amides is 2. The number of anilines is 1. The Balaban J connectivity index is 0.00000841. The van der Waals surface area contributed by atoms with Gasteiger partial charge in [0.05, 0.1) is 12.1 Å². The number of benzene rings is 1. The molecule has 1 rings (SSSR count). The molecule has 170 valence electrons. The molecule has 0 aliphatic heterocycles. The van der Waals surface area contributed by atoms with Crippen LogP contribution in [-0.4, -0.2) is 49.2 Å². The van der Waals surface area contributed by atoms with Crippen molar-refractivity contribution >= 4 is 47.6 Å². The van der Waals surface area contributed by atoms with Crippen LogP contribution in [0.5, 0.6) is 0 Å². The van der Waals surface area contributed by atoms with Gasteiger partial charge in [-0.25, -0.2) is 4.79 Å². The van der Waals surface area contributed by atoms with Crippen molar-refractivity contribution < 1.29 is 14.3 Å². The third-order valence-corrected chi connectivity index (χ3v) is 3.80. The maximum Gasteiger partial charge on any atom is 0.408 e. The van der Waals surface area contributed by atoms with Crippen molar-refractivity contribution in [3.05, 3.63) is 29.8 Å². The quantitative estimate of drug-likeness (QED) is 0.245. The number of hydrogen-bond acceptors (Lipinski definition) is 4. The van der Waals surface area contributed by atoms with Crippen LogP contribution in [0, 0.1) is 0 Å². The highest BCUT2D eigenvalue weighted by molar-refractivity contribution is 14.0. The largest absolute Gasteiger partial charge is 0.444 e. The molecule has 0 aliphatic rings. The average Bonchev–Trinajstić information content (AvgIpc) is 2.59. The van der Waals surface area contributed by atoms with Gasteiger partial charge in [0, 0.05) is 19.3 Å². The van der Waals surface area contributed by atoms with Gasteiger partial charge in [-0.2, -0.15) is 0 Å². The molecule has 30 heavy (non-hydrogen) atoms. The lowest BCUT2D eigenvalue weighted by Crippen LogP contribution is -2.54. The highest BCUT2D eigenvalue weighted by atomic mass is 127. The number of nitrogens with one attached hydrogen (secondary N) is 4. The molecule has 0 aromatic heterocycles. The van der Waals surface area contributed by atoms with Gasteiger partial charge in [-0.1, -0.05) is 19.1 Å². The van der Waals surface area contributed by atoms with Crippen LogP contribution in [-0.2, 0) is 16.0 Å². The van der Waals surface area contributed by atoms with E-state index in [2.05, 4.69) is 33.2 Å². The van der Waals surface area contributed by atoms with E-state index in [-0.39, 0.29) is 36.4 Å². The first kappa shape index (κ1) is 28.0. The fraction of sp³-hybridized carbons (Fsp3) is 0.571. The minimum atomic E-state index is -0.581. The normalized spacial score (nSPS) is 11.8. The molecular formula is C21H36IN5O3. The maximum absolute atomic E-state index is 12.2. The third-order valence-electron chi connectivity index (χ3n) is 3.80. The third kappa shape index (κ3) is 11.8. The van der Waals surface area contributed by atoms with Crippen LogP contribution in [0.4, 0.5) is 10.5 Å². The zero-order chi connectivity index (χ0) is 22.1. The number of rotatable bonds is 7. The van der Waals surface area contributed by atoms with Crippen molar-refractivity contribution in [2.45, 2.75) is 59.1 Å². The highest BCUT2D eigenvalue weighted by Crippen LogP contribution is 2.11. The van der Waals surface area contributed by atoms with Gasteiger partial charge in [-0.3, -0.25) is 9.79 Å². The summed E-state index contributed by atoms with van der Waals surface area (Å²) in [4.78, 5) is 28.3. The summed E-state index contributed by atoms with van der Waals surface area (Å²) in [6, 6.07) is 7.75. The van der Waals surface area contributed by atoms with E-state index >= 15 is 0 Å². The second kappa shape index (κ2) is 12.6. The number of alkyl carbamates (subject to hydrolysis) is 1. The van der Waals surface area contributed by atoms with Crippen LogP contribution < -0.4 is 21.3 Å².